The van der Waals surface area contributed by atoms with Gasteiger partial charge in [-0.05, 0) is 42.5 Å². The molecule has 1 unspecified atom stereocenters. The minimum atomic E-state index is -1.22. The van der Waals surface area contributed by atoms with Crippen molar-refractivity contribution >= 4 is 29.1 Å². The van der Waals surface area contributed by atoms with Crippen molar-refractivity contribution in [3.05, 3.63) is 33.8 Å². The zero-order valence-electron chi connectivity index (χ0n) is 9.12. The number of rotatable bonds is 4. The maximum atomic E-state index is 11.7. The Bertz CT molecular complexity index is 412. The quantitative estimate of drug-likeness (QED) is 0.886. The van der Waals surface area contributed by atoms with Gasteiger partial charge in [-0.25, -0.2) is 0 Å². The highest BCUT2D eigenvalue weighted by atomic mass is 35.5. The molecule has 17 heavy (non-hydrogen) atoms. The summed E-state index contributed by atoms with van der Waals surface area (Å²) in [5.41, 5.74) is 0.413. The minimum absolute atomic E-state index is 0.404. The Labute approximate surface area is 110 Å². The third-order valence-electron chi connectivity index (χ3n) is 2.71. The van der Waals surface area contributed by atoms with Gasteiger partial charge >= 0.3 is 0 Å². The number of carbonyl (C=O) groups excluding carboxylic acids is 1. The van der Waals surface area contributed by atoms with Gasteiger partial charge in [-0.3, -0.25) is 4.79 Å². The topological polar surface area (TPSA) is 49.3 Å². The number of aliphatic hydroxyl groups is 1. The summed E-state index contributed by atoms with van der Waals surface area (Å²) in [5.74, 6) is 0.171. The van der Waals surface area contributed by atoms with Crippen LogP contribution in [0.25, 0.3) is 0 Å². The van der Waals surface area contributed by atoms with Crippen molar-refractivity contribution in [3.8, 4) is 0 Å². The summed E-state index contributed by atoms with van der Waals surface area (Å²) in [6, 6.07) is 4.63. The second-order valence-electron chi connectivity index (χ2n) is 4.29. The molecule has 1 amide bonds. The number of hydrogen-bond donors (Lipinski definition) is 2. The van der Waals surface area contributed by atoms with Crippen LogP contribution in [-0.2, 0) is 4.79 Å². The summed E-state index contributed by atoms with van der Waals surface area (Å²) in [6.07, 6.45) is 1.09. The second-order valence-corrected chi connectivity index (χ2v) is 5.17. The molecule has 0 bridgehead atoms. The average molecular weight is 274 g/mol. The molecule has 2 N–H and O–H groups in total. The van der Waals surface area contributed by atoms with E-state index in [-0.39, 0.29) is 0 Å². The molecular formula is C12H13Cl2NO2. The molecule has 1 aliphatic rings. The fourth-order valence-electron chi connectivity index (χ4n) is 1.55. The molecule has 0 aromatic heterocycles. The number of carbonyl (C=O) groups is 1. The van der Waals surface area contributed by atoms with Gasteiger partial charge in [0.05, 0.1) is 0 Å². The van der Waals surface area contributed by atoms with Crippen molar-refractivity contribution in [2.75, 3.05) is 6.54 Å². The molecule has 1 fully saturated rings. The summed E-state index contributed by atoms with van der Waals surface area (Å²) >= 11 is 11.6. The number of hydrogen-bond acceptors (Lipinski definition) is 2. The minimum Gasteiger partial charge on any atom is -0.378 e. The maximum absolute atomic E-state index is 11.7. The molecule has 1 aromatic carbocycles. The van der Waals surface area contributed by atoms with Crippen molar-refractivity contribution in [1.82, 2.24) is 5.32 Å². The van der Waals surface area contributed by atoms with Crippen LogP contribution in [0.2, 0.25) is 10.0 Å². The maximum Gasteiger partial charge on any atom is 0.253 e. The summed E-state index contributed by atoms with van der Waals surface area (Å²) in [7, 11) is 0. The Morgan fingerprint density at radius 2 is 1.94 bits per heavy atom. The van der Waals surface area contributed by atoms with E-state index >= 15 is 0 Å². The average Bonchev–Trinajstić information content (AvgIpc) is 3.07. The standard InChI is InChI=1S/C12H13Cl2NO2/c13-9-3-8(4-10(14)5-9)11(16)12(17)15-6-7-1-2-7/h3-5,7,11,16H,1-2,6H2,(H,15,17). The van der Waals surface area contributed by atoms with Crippen LogP contribution >= 0.6 is 23.2 Å². The molecule has 2 rings (SSSR count). The van der Waals surface area contributed by atoms with E-state index in [4.69, 9.17) is 23.2 Å². The van der Waals surface area contributed by atoms with E-state index in [1.165, 1.54) is 12.1 Å². The first kappa shape index (κ1) is 12.7. The van der Waals surface area contributed by atoms with Crippen LogP contribution in [0.1, 0.15) is 24.5 Å². The van der Waals surface area contributed by atoms with Crippen LogP contribution in [0.5, 0.6) is 0 Å². The van der Waals surface area contributed by atoms with E-state index in [0.717, 1.165) is 12.8 Å². The Balaban J connectivity index is 2.01. The molecule has 1 aromatic rings. The summed E-state index contributed by atoms with van der Waals surface area (Å²) in [4.78, 5) is 11.7. The first-order chi connectivity index (χ1) is 8.06. The van der Waals surface area contributed by atoms with E-state index in [9.17, 15) is 9.90 Å². The van der Waals surface area contributed by atoms with Gasteiger partial charge in [0.15, 0.2) is 6.10 Å². The van der Waals surface area contributed by atoms with Crippen LogP contribution in [0.15, 0.2) is 18.2 Å². The highest BCUT2D eigenvalue weighted by Crippen LogP contribution is 2.28. The van der Waals surface area contributed by atoms with Gasteiger partial charge in [0.2, 0.25) is 0 Å². The second kappa shape index (κ2) is 5.25. The lowest BCUT2D eigenvalue weighted by atomic mass is 10.1. The lowest BCUT2D eigenvalue weighted by Crippen LogP contribution is -2.30. The van der Waals surface area contributed by atoms with E-state index in [2.05, 4.69) is 5.32 Å². The van der Waals surface area contributed by atoms with Gasteiger partial charge in [0.1, 0.15) is 0 Å². The van der Waals surface area contributed by atoms with Crippen LogP contribution in [0.3, 0.4) is 0 Å². The molecule has 0 spiro atoms. The summed E-state index contributed by atoms with van der Waals surface area (Å²) < 4.78 is 0. The number of aliphatic hydroxyl groups excluding tert-OH is 1. The number of benzene rings is 1. The van der Waals surface area contributed by atoms with Gasteiger partial charge < -0.3 is 10.4 Å². The monoisotopic (exact) mass is 273 g/mol. The van der Waals surface area contributed by atoms with Gasteiger partial charge in [-0.2, -0.15) is 0 Å². The number of amides is 1. The molecule has 0 radical (unpaired) electrons. The van der Waals surface area contributed by atoms with Crippen molar-refractivity contribution in [2.45, 2.75) is 18.9 Å². The van der Waals surface area contributed by atoms with Crippen LogP contribution in [-0.4, -0.2) is 17.6 Å². The zero-order valence-corrected chi connectivity index (χ0v) is 10.6. The molecule has 1 atom stereocenters. The third kappa shape index (κ3) is 3.60. The largest absolute Gasteiger partial charge is 0.378 e. The van der Waals surface area contributed by atoms with Gasteiger partial charge in [0, 0.05) is 16.6 Å². The SMILES string of the molecule is O=C(NCC1CC1)C(O)c1cc(Cl)cc(Cl)c1. The molecule has 1 saturated carbocycles. The van der Waals surface area contributed by atoms with Gasteiger partial charge in [-0.15, -0.1) is 0 Å². The van der Waals surface area contributed by atoms with Crippen LogP contribution in [0.4, 0.5) is 0 Å². The molecule has 1 aliphatic carbocycles. The highest BCUT2D eigenvalue weighted by molar-refractivity contribution is 6.34. The van der Waals surface area contributed by atoms with Crippen molar-refractivity contribution in [2.24, 2.45) is 5.92 Å². The normalized spacial score (nSPS) is 16.6. The lowest BCUT2D eigenvalue weighted by Gasteiger charge is -2.12. The summed E-state index contributed by atoms with van der Waals surface area (Å²) in [6.45, 7) is 0.629. The molecule has 0 saturated heterocycles. The Hall–Kier alpha value is -0.770. The zero-order chi connectivity index (χ0) is 12.4. The fourth-order valence-corrected chi connectivity index (χ4v) is 2.09. The van der Waals surface area contributed by atoms with Gasteiger partial charge in [-0.1, -0.05) is 23.2 Å². The molecular weight excluding hydrogens is 261 g/mol. The van der Waals surface area contributed by atoms with Crippen molar-refractivity contribution < 1.29 is 9.90 Å². The fraction of sp³-hybridized carbons (Fsp3) is 0.417. The van der Waals surface area contributed by atoms with E-state index in [0.29, 0.717) is 28.1 Å². The van der Waals surface area contributed by atoms with E-state index in [1.807, 2.05) is 0 Å². The Kier molecular flexibility index (Phi) is 3.92. The molecule has 5 heteroatoms. The molecule has 92 valence electrons. The highest BCUT2D eigenvalue weighted by Gasteiger charge is 2.24. The molecule has 0 heterocycles. The first-order valence-corrected chi connectivity index (χ1v) is 6.23. The van der Waals surface area contributed by atoms with Crippen LogP contribution < -0.4 is 5.32 Å². The smallest absolute Gasteiger partial charge is 0.253 e. The lowest BCUT2D eigenvalue weighted by molar-refractivity contribution is -0.129. The Morgan fingerprint density at radius 1 is 1.35 bits per heavy atom. The predicted octanol–water partition coefficient (Wildman–Crippen LogP) is 2.55. The van der Waals surface area contributed by atoms with Crippen LogP contribution in [0, 0.1) is 5.92 Å². The number of nitrogens with one attached hydrogen (secondary N) is 1. The van der Waals surface area contributed by atoms with Crippen molar-refractivity contribution in [3.63, 3.8) is 0 Å². The number of halogens is 2. The Morgan fingerprint density at radius 3 is 2.47 bits per heavy atom. The molecule has 3 nitrogen and oxygen atoms in total. The van der Waals surface area contributed by atoms with Gasteiger partial charge in [0.25, 0.3) is 5.91 Å². The predicted molar refractivity (Wildman–Crippen MR) is 67.2 cm³/mol. The van der Waals surface area contributed by atoms with E-state index < -0.39 is 12.0 Å². The molecule has 0 aliphatic heterocycles. The first-order valence-electron chi connectivity index (χ1n) is 5.48. The van der Waals surface area contributed by atoms with Crippen molar-refractivity contribution in [1.29, 1.82) is 0 Å². The third-order valence-corrected chi connectivity index (χ3v) is 3.15. The van der Waals surface area contributed by atoms with E-state index in [1.54, 1.807) is 6.07 Å². The summed E-state index contributed by atoms with van der Waals surface area (Å²) in [5, 5.41) is 13.4.